The number of ketones is 1. The molecule has 3 atom stereocenters. The van der Waals surface area contributed by atoms with Crippen LogP contribution < -0.4 is 20.7 Å². The van der Waals surface area contributed by atoms with Gasteiger partial charge >= 0.3 is 0 Å². The smallest absolute Gasteiger partial charge is 0.268 e. The minimum Gasteiger partial charge on any atom is -0.496 e. The number of carbonyl (C=O) groups is 4. The number of amides is 3. The van der Waals surface area contributed by atoms with E-state index < -0.39 is 23.9 Å². The summed E-state index contributed by atoms with van der Waals surface area (Å²) in [6.45, 7) is 4.41. The zero-order valence-corrected chi connectivity index (χ0v) is 20.3. The van der Waals surface area contributed by atoms with Crippen molar-refractivity contribution < 1.29 is 23.9 Å². The van der Waals surface area contributed by atoms with Crippen molar-refractivity contribution in [1.82, 2.24) is 20.9 Å². The molecular weight excluding hydrogens is 460 g/mol. The number of aromatic amines is 1. The Morgan fingerprint density at radius 3 is 2.59 bits per heavy atom. The second-order valence-electron chi connectivity index (χ2n) is 8.93. The maximum absolute atomic E-state index is 13.2. The monoisotopic (exact) mass is 490 g/mol. The van der Waals surface area contributed by atoms with E-state index in [0.717, 1.165) is 10.9 Å². The lowest BCUT2D eigenvalue weighted by Gasteiger charge is -2.24. The van der Waals surface area contributed by atoms with Gasteiger partial charge in [-0.3, -0.25) is 19.2 Å². The Labute approximate surface area is 203 Å². The summed E-state index contributed by atoms with van der Waals surface area (Å²) in [6.07, 6.45) is 1.14. The van der Waals surface area contributed by atoms with Crippen molar-refractivity contribution in [3.8, 4) is 5.75 Å². The Balaban J connectivity index is 1.75. The van der Waals surface area contributed by atoms with Crippen LogP contribution in [0.1, 0.15) is 43.6 Å². The maximum Gasteiger partial charge on any atom is 0.268 e. The fourth-order valence-corrected chi connectivity index (χ4v) is 4.34. The average Bonchev–Trinajstić information content (AvgIpc) is 3.43. The molecule has 0 bridgehead atoms. The molecule has 2 unspecified atom stereocenters. The maximum atomic E-state index is 13.2. The molecule has 9 nitrogen and oxygen atoms in total. The third-order valence-corrected chi connectivity index (χ3v) is 6.20. The number of nitrogens with one attached hydrogen (secondary N) is 4. The van der Waals surface area contributed by atoms with Crippen LogP contribution in [0.4, 0.5) is 0 Å². The Hall–Kier alpha value is -3.07. The van der Waals surface area contributed by atoms with Crippen LogP contribution in [0, 0.1) is 11.8 Å². The molecule has 1 aromatic carbocycles. The van der Waals surface area contributed by atoms with Gasteiger partial charge in [-0.05, 0) is 43.4 Å². The van der Waals surface area contributed by atoms with Gasteiger partial charge in [0, 0.05) is 23.4 Å². The number of Topliss-reactive ketones (excluding diaryl/α,β-unsaturated/α-hetero) is 1. The highest BCUT2D eigenvalue weighted by Crippen LogP contribution is 2.26. The predicted molar refractivity (Wildman–Crippen MR) is 129 cm³/mol. The molecule has 34 heavy (non-hydrogen) atoms. The largest absolute Gasteiger partial charge is 0.496 e. The zero-order valence-electron chi connectivity index (χ0n) is 19.6. The van der Waals surface area contributed by atoms with E-state index in [4.69, 9.17) is 16.3 Å². The van der Waals surface area contributed by atoms with Gasteiger partial charge in [-0.15, -0.1) is 11.6 Å². The molecule has 0 aliphatic carbocycles. The summed E-state index contributed by atoms with van der Waals surface area (Å²) >= 11 is 5.76. The van der Waals surface area contributed by atoms with Crippen LogP contribution in [0.2, 0.25) is 0 Å². The number of aromatic nitrogens is 1. The van der Waals surface area contributed by atoms with Crippen LogP contribution >= 0.6 is 11.6 Å². The predicted octanol–water partition coefficient (Wildman–Crippen LogP) is 2.14. The number of halogens is 1. The summed E-state index contributed by atoms with van der Waals surface area (Å²) in [5.41, 5.74) is 1.02. The molecule has 0 radical (unpaired) electrons. The van der Waals surface area contributed by atoms with Gasteiger partial charge in [0.15, 0.2) is 5.78 Å². The summed E-state index contributed by atoms with van der Waals surface area (Å²) in [5, 5.41) is 8.99. The number of H-pyrrole nitrogens is 1. The normalized spacial score (nSPS) is 17.3. The quantitative estimate of drug-likeness (QED) is 0.359. The van der Waals surface area contributed by atoms with Crippen LogP contribution in [-0.2, 0) is 14.4 Å². The Morgan fingerprint density at radius 1 is 1.21 bits per heavy atom. The van der Waals surface area contributed by atoms with Crippen molar-refractivity contribution in [3.05, 3.63) is 30.0 Å². The Morgan fingerprint density at radius 2 is 1.97 bits per heavy atom. The van der Waals surface area contributed by atoms with E-state index in [2.05, 4.69) is 20.9 Å². The van der Waals surface area contributed by atoms with Gasteiger partial charge < -0.3 is 25.7 Å². The molecule has 4 N–H and O–H groups in total. The SMILES string of the molecule is COc1cccc2[nH]c(C(=O)NC(CC(C)C)C(=O)NC(C[C@@H]3CCNC3=O)C(=O)CCl)cc12. The second-order valence-corrected chi connectivity index (χ2v) is 9.20. The van der Waals surface area contributed by atoms with Gasteiger partial charge in [-0.1, -0.05) is 19.9 Å². The van der Waals surface area contributed by atoms with Crippen molar-refractivity contribution in [2.45, 2.75) is 45.2 Å². The van der Waals surface area contributed by atoms with Crippen molar-refractivity contribution in [2.24, 2.45) is 11.8 Å². The number of carbonyl (C=O) groups excluding carboxylic acids is 4. The van der Waals surface area contributed by atoms with Gasteiger partial charge in [0.05, 0.1) is 19.0 Å². The average molecular weight is 491 g/mol. The van der Waals surface area contributed by atoms with E-state index in [9.17, 15) is 19.2 Å². The fraction of sp³-hybridized carbons (Fsp3) is 0.500. The number of rotatable bonds is 11. The molecular formula is C24H31ClN4O5. The summed E-state index contributed by atoms with van der Waals surface area (Å²) in [5.74, 6) is -1.36. The number of fused-ring (bicyclic) bond motifs is 1. The van der Waals surface area contributed by atoms with Crippen LogP contribution in [0.3, 0.4) is 0 Å². The van der Waals surface area contributed by atoms with Crippen LogP contribution in [0.15, 0.2) is 24.3 Å². The molecule has 3 amide bonds. The highest BCUT2D eigenvalue weighted by Gasteiger charge is 2.33. The molecule has 184 valence electrons. The van der Waals surface area contributed by atoms with Crippen molar-refractivity contribution in [1.29, 1.82) is 0 Å². The first-order chi connectivity index (χ1) is 16.2. The highest BCUT2D eigenvalue weighted by molar-refractivity contribution is 6.28. The number of methoxy groups -OCH3 is 1. The molecule has 0 spiro atoms. The Bertz CT molecular complexity index is 1070. The van der Waals surface area contributed by atoms with E-state index in [1.54, 1.807) is 19.2 Å². The first-order valence-corrected chi connectivity index (χ1v) is 11.9. The van der Waals surface area contributed by atoms with E-state index in [1.165, 1.54) is 0 Å². The molecule has 1 aromatic heterocycles. The molecule has 2 aromatic rings. The summed E-state index contributed by atoms with van der Waals surface area (Å²) < 4.78 is 5.34. The minimum atomic E-state index is -0.900. The molecule has 1 fully saturated rings. The van der Waals surface area contributed by atoms with Gasteiger partial charge in [-0.25, -0.2) is 0 Å². The first kappa shape index (κ1) is 25.6. The van der Waals surface area contributed by atoms with Crippen molar-refractivity contribution >= 4 is 46.0 Å². The zero-order chi connectivity index (χ0) is 24.8. The van der Waals surface area contributed by atoms with Gasteiger partial charge in [0.1, 0.15) is 17.5 Å². The molecule has 3 rings (SSSR count). The summed E-state index contributed by atoms with van der Waals surface area (Å²) in [4.78, 5) is 53.6. The topological polar surface area (TPSA) is 129 Å². The molecule has 1 aliphatic heterocycles. The number of hydrogen-bond acceptors (Lipinski definition) is 5. The fourth-order valence-electron chi connectivity index (χ4n) is 4.16. The minimum absolute atomic E-state index is 0.0987. The highest BCUT2D eigenvalue weighted by atomic mass is 35.5. The number of ether oxygens (including phenoxy) is 1. The van der Waals surface area contributed by atoms with Crippen molar-refractivity contribution in [2.75, 3.05) is 19.5 Å². The number of hydrogen-bond donors (Lipinski definition) is 4. The lowest BCUT2D eigenvalue weighted by molar-refractivity contribution is -0.129. The van der Waals surface area contributed by atoms with E-state index in [0.29, 0.717) is 25.1 Å². The van der Waals surface area contributed by atoms with Gasteiger partial charge in [0.2, 0.25) is 11.8 Å². The molecule has 2 heterocycles. The van der Waals surface area contributed by atoms with Crippen molar-refractivity contribution in [3.63, 3.8) is 0 Å². The molecule has 1 aliphatic rings. The summed E-state index contributed by atoms with van der Waals surface area (Å²) in [6, 6.07) is 5.34. The molecule has 1 saturated heterocycles. The van der Waals surface area contributed by atoms with E-state index in [-0.39, 0.29) is 41.5 Å². The second kappa shape index (κ2) is 11.4. The number of alkyl halides is 1. The van der Waals surface area contributed by atoms with Gasteiger partial charge in [-0.2, -0.15) is 0 Å². The Kier molecular flexibility index (Phi) is 8.55. The van der Waals surface area contributed by atoms with Crippen LogP contribution in [-0.4, -0.2) is 60.1 Å². The summed E-state index contributed by atoms with van der Waals surface area (Å²) in [7, 11) is 1.55. The molecule has 10 heteroatoms. The third-order valence-electron chi connectivity index (χ3n) is 5.94. The lowest BCUT2D eigenvalue weighted by Crippen LogP contribution is -2.53. The van der Waals surface area contributed by atoms with Crippen LogP contribution in [0.25, 0.3) is 10.9 Å². The van der Waals surface area contributed by atoms with Gasteiger partial charge in [0.25, 0.3) is 5.91 Å². The van der Waals surface area contributed by atoms with Crippen LogP contribution in [0.5, 0.6) is 5.75 Å². The third kappa shape index (κ3) is 6.08. The number of benzene rings is 1. The molecule has 0 saturated carbocycles. The lowest BCUT2D eigenvalue weighted by atomic mass is 9.95. The standard InChI is InChI=1S/C24H31ClN4O5/c1-13(2)9-18(23(32)28-17(20(30)12-25)10-14-7-8-26-22(14)31)29-24(33)19-11-15-16(27-19)5-4-6-21(15)34-3/h4-6,11,13-14,17-18,27H,7-10,12H2,1-3H3,(H,26,31)(H,28,32)(H,29,33)/t14-,17?,18?/m0/s1. The van der Waals surface area contributed by atoms with E-state index >= 15 is 0 Å². The van der Waals surface area contributed by atoms with E-state index in [1.807, 2.05) is 26.0 Å². The first-order valence-electron chi connectivity index (χ1n) is 11.4.